The zero-order chi connectivity index (χ0) is 17.1. The van der Waals surface area contributed by atoms with Crippen molar-refractivity contribution in [3.63, 3.8) is 0 Å². The molecule has 0 radical (unpaired) electrons. The van der Waals surface area contributed by atoms with Crippen molar-refractivity contribution in [3.8, 4) is 5.69 Å². The first kappa shape index (κ1) is 16.2. The minimum atomic E-state index is -0.498. The molecule has 0 N–H and O–H groups in total. The van der Waals surface area contributed by atoms with Gasteiger partial charge in [-0.15, -0.1) is 0 Å². The maximum absolute atomic E-state index is 13.0. The first-order valence-corrected chi connectivity index (χ1v) is 7.76. The number of nitrogens with zero attached hydrogens (tertiary/aromatic N) is 3. The fraction of sp³-hybridized carbons (Fsp3) is 0.353. The fourth-order valence-electron chi connectivity index (χ4n) is 2.90. The van der Waals surface area contributed by atoms with Crippen molar-refractivity contribution in [3.05, 3.63) is 48.0 Å². The van der Waals surface area contributed by atoms with Gasteiger partial charge in [-0.3, -0.25) is 4.79 Å². The second-order valence-electron chi connectivity index (χ2n) is 5.67. The van der Waals surface area contributed by atoms with Crippen LogP contribution in [0.15, 0.2) is 36.5 Å². The van der Waals surface area contributed by atoms with E-state index in [1.165, 1.54) is 19.2 Å². The SMILES string of the molecule is COC(=O)[C@H]1CCCN1C(=O)Cc1ccn(-c2ccc(F)cc2)n1. The number of ether oxygens (including phenoxy) is 1. The lowest BCUT2D eigenvalue weighted by Gasteiger charge is -2.22. The van der Waals surface area contributed by atoms with E-state index in [0.29, 0.717) is 24.3 Å². The molecule has 3 rings (SSSR count). The van der Waals surface area contributed by atoms with Gasteiger partial charge in [0.15, 0.2) is 0 Å². The van der Waals surface area contributed by atoms with E-state index in [-0.39, 0.29) is 24.1 Å². The molecule has 0 bridgehead atoms. The third kappa shape index (κ3) is 3.29. The highest BCUT2D eigenvalue weighted by molar-refractivity contribution is 5.86. The number of hydrogen-bond acceptors (Lipinski definition) is 4. The number of aromatic nitrogens is 2. The molecule has 1 atom stereocenters. The summed E-state index contributed by atoms with van der Waals surface area (Å²) in [5.41, 5.74) is 1.31. The summed E-state index contributed by atoms with van der Waals surface area (Å²) >= 11 is 0. The number of methoxy groups -OCH3 is 1. The van der Waals surface area contributed by atoms with Crippen LogP contribution in [0.3, 0.4) is 0 Å². The molecule has 1 aromatic heterocycles. The topological polar surface area (TPSA) is 64.4 Å². The van der Waals surface area contributed by atoms with E-state index in [1.807, 2.05) is 0 Å². The Hall–Kier alpha value is -2.70. The first-order chi connectivity index (χ1) is 11.6. The average molecular weight is 331 g/mol. The Bertz CT molecular complexity index is 742. The van der Waals surface area contributed by atoms with Gasteiger partial charge in [-0.1, -0.05) is 0 Å². The highest BCUT2D eigenvalue weighted by Crippen LogP contribution is 2.19. The van der Waals surface area contributed by atoms with Gasteiger partial charge in [0.05, 0.1) is 24.9 Å². The van der Waals surface area contributed by atoms with Crippen LogP contribution in [0.4, 0.5) is 4.39 Å². The van der Waals surface area contributed by atoms with E-state index in [0.717, 1.165) is 6.42 Å². The number of benzene rings is 1. The molecule has 6 nitrogen and oxygen atoms in total. The smallest absolute Gasteiger partial charge is 0.328 e. The molecule has 0 spiro atoms. The Kier molecular flexibility index (Phi) is 4.59. The van der Waals surface area contributed by atoms with Gasteiger partial charge >= 0.3 is 5.97 Å². The summed E-state index contributed by atoms with van der Waals surface area (Å²) in [6.45, 7) is 0.553. The molecule has 1 fully saturated rings. The molecular formula is C17H18FN3O3. The number of likely N-dealkylation sites (tertiary alicyclic amines) is 1. The van der Waals surface area contributed by atoms with Crippen molar-refractivity contribution in [2.75, 3.05) is 13.7 Å². The normalized spacial score (nSPS) is 17.1. The summed E-state index contributed by atoms with van der Waals surface area (Å²) < 4.78 is 19.3. The third-order valence-corrected chi connectivity index (χ3v) is 4.11. The van der Waals surface area contributed by atoms with Crippen LogP contribution in [-0.2, 0) is 20.7 Å². The lowest BCUT2D eigenvalue weighted by molar-refractivity contribution is -0.150. The van der Waals surface area contributed by atoms with Gasteiger partial charge in [-0.05, 0) is 43.2 Å². The summed E-state index contributed by atoms with van der Waals surface area (Å²) in [5.74, 6) is -0.839. The lowest BCUT2D eigenvalue weighted by atomic mass is 10.2. The van der Waals surface area contributed by atoms with Crippen molar-refractivity contribution in [1.29, 1.82) is 0 Å². The fourth-order valence-corrected chi connectivity index (χ4v) is 2.90. The van der Waals surface area contributed by atoms with E-state index >= 15 is 0 Å². The number of halogens is 1. The second-order valence-corrected chi connectivity index (χ2v) is 5.67. The Balaban J connectivity index is 1.69. The number of amides is 1. The lowest BCUT2D eigenvalue weighted by Crippen LogP contribution is -2.41. The predicted octanol–water partition coefficient (Wildman–Crippen LogP) is 1.72. The Labute approximate surface area is 138 Å². The van der Waals surface area contributed by atoms with Crippen LogP contribution in [0, 0.1) is 5.82 Å². The predicted molar refractivity (Wildman–Crippen MR) is 84.0 cm³/mol. The molecule has 2 aromatic rings. The van der Waals surface area contributed by atoms with Crippen LogP contribution in [0.2, 0.25) is 0 Å². The molecule has 2 heterocycles. The molecule has 0 aliphatic carbocycles. The molecule has 1 aliphatic rings. The molecule has 126 valence electrons. The minimum Gasteiger partial charge on any atom is -0.467 e. The van der Waals surface area contributed by atoms with Crippen molar-refractivity contribution >= 4 is 11.9 Å². The van der Waals surface area contributed by atoms with Crippen molar-refractivity contribution in [2.45, 2.75) is 25.3 Å². The van der Waals surface area contributed by atoms with Crippen molar-refractivity contribution in [1.82, 2.24) is 14.7 Å². The highest BCUT2D eigenvalue weighted by atomic mass is 19.1. The summed E-state index contributed by atoms with van der Waals surface area (Å²) in [4.78, 5) is 25.7. The zero-order valence-corrected chi connectivity index (χ0v) is 13.3. The number of carbonyl (C=O) groups excluding carboxylic acids is 2. The molecule has 0 unspecified atom stereocenters. The van der Waals surface area contributed by atoms with E-state index in [2.05, 4.69) is 5.10 Å². The molecule has 0 saturated carbocycles. The average Bonchev–Trinajstić information content (AvgIpc) is 3.24. The molecule has 1 aromatic carbocycles. The van der Waals surface area contributed by atoms with Gasteiger partial charge in [0, 0.05) is 12.7 Å². The number of esters is 1. The van der Waals surface area contributed by atoms with Gasteiger partial charge in [-0.25, -0.2) is 13.9 Å². The monoisotopic (exact) mass is 331 g/mol. The van der Waals surface area contributed by atoms with E-state index in [9.17, 15) is 14.0 Å². The van der Waals surface area contributed by atoms with Gasteiger partial charge in [0.2, 0.25) is 5.91 Å². The first-order valence-electron chi connectivity index (χ1n) is 7.76. The van der Waals surface area contributed by atoms with Crippen molar-refractivity contribution < 1.29 is 18.7 Å². The van der Waals surface area contributed by atoms with E-state index < -0.39 is 6.04 Å². The minimum absolute atomic E-state index is 0.113. The van der Waals surface area contributed by atoms with E-state index in [1.54, 1.807) is 34.0 Å². The zero-order valence-electron chi connectivity index (χ0n) is 13.3. The largest absolute Gasteiger partial charge is 0.467 e. The van der Waals surface area contributed by atoms with Gasteiger partial charge in [0.1, 0.15) is 11.9 Å². The summed E-state index contributed by atoms with van der Waals surface area (Å²) in [5, 5.41) is 4.34. The molecule has 1 amide bonds. The van der Waals surface area contributed by atoms with Crippen LogP contribution in [0.5, 0.6) is 0 Å². The maximum atomic E-state index is 13.0. The van der Waals surface area contributed by atoms with Gasteiger partial charge in [0.25, 0.3) is 0 Å². The Morgan fingerprint density at radius 1 is 1.29 bits per heavy atom. The summed E-state index contributed by atoms with van der Waals surface area (Å²) in [6, 6.07) is 7.18. The standard InChI is InChI=1S/C17H18FN3O3/c1-24-17(23)15-3-2-9-20(15)16(22)11-13-8-10-21(19-13)14-6-4-12(18)5-7-14/h4-8,10,15H,2-3,9,11H2,1H3/t15-/m1/s1. The number of rotatable bonds is 4. The molecule has 7 heteroatoms. The second kappa shape index (κ2) is 6.82. The molecule has 1 aliphatic heterocycles. The molecular weight excluding hydrogens is 313 g/mol. The van der Waals surface area contributed by atoms with Gasteiger partial charge < -0.3 is 9.64 Å². The van der Waals surface area contributed by atoms with Crippen LogP contribution in [0.1, 0.15) is 18.5 Å². The highest BCUT2D eigenvalue weighted by Gasteiger charge is 2.34. The van der Waals surface area contributed by atoms with Crippen LogP contribution in [0.25, 0.3) is 5.69 Å². The maximum Gasteiger partial charge on any atom is 0.328 e. The van der Waals surface area contributed by atoms with Crippen LogP contribution in [-0.4, -0.2) is 46.3 Å². The summed E-state index contributed by atoms with van der Waals surface area (Å²) in [6.07, 6.45) is 3.25. The Morgan fingerprint density at radius 3 is 2.75 bits per heavy atom. The number of carbonyl (C=O) groups is 2. The van der Waals surface area contributed by atoms with Crippen molar-refractivity contribution in [2.24, 2.45) is 0 Å². The third-order valence-electron chi connectivity index (χ3n) is 4.11. The van der Waals surface area contributed by atoms with Crippen LogP contribution < -0.4 is 0 Å². The van der Waals surface area contributed by atoms with Crippen LogP contribution >= 0.6 is 0 Å². The summed E-state index contributed by atoms with van der Waals surface area (Å²) in [7, 11) is 1.33. The Morgan fingerprint density at radius 2 is 2.04 bits per heavy atom. The number of hydrogen-bond donors (Lipinski definition) is 0. The van der Waals surface area contributed by atoms with Gasteiger partial charge in [-0.2, -0.15) is 5.10 Å². The molecule has 1 saturated heterocycles. The molecule has 24 heavy (non-hydrogen) atoms. The van der Waals surface area contributed by atoms with E-state index in [4.69, 9.17) is 4.74 Å². The quantitative estimate of drug-likeness (QED) is 0.800.